The molecule has 2 aromatic rings. The summed E-state index contributed by atoms with van der Waals surface area (Å²) in [5, 5.41) is 13.8. The minimum absolute atomic E-state index is 0.0471. The smallest absolute Gasteiger partial charge is 0.255 e. The third-order valence-corrected chi connectivity index (χ3v) is 3.31. The van der Waals surface area contributed by atoms with Crippen LogP contribution in [0.15, 0.2) is 30.5 Å². The van der Waals surface area contributed by atoms with Gasteiger partial charge in [0, 0.05) is 18.1 Å². The van der Waals surface area contributed by atoms with E-state index in [1.165, 1.54) is 12.8 Å². The fourth-order valence-corrected chi connectivity index (χ4v) is 2.16. The summed E-state index contributed by atoms with van der Waals surface area (Å²) in [5.41, 5.74) is 0.748. The van der Waals surface area contributed by atoms with Gasteiger partial charge in [-0.2, -0.15) is 0 Å². The van der Waals surface area contributed by atoms with E-state index < -0.39 is 0 Å². The van der Waals surface area contributed by atoms with E-state index >= 15 is 0 Å². The van der Waals surface area contributed by atoms with Crippen molar-refractivity contribution in [2.24, 2.45) is 0 Å². The molecule has 0 bridgehead atoms. The number of aromatic hydroxyl groups is 1. The first-order chi connectivity index (χ1) is 9.74. The summed E-state index contributed by atoms with van der Waals surface area (Å²) in [6.45, 7) is 2.79. The lowest BCUT2D eigenvalue weighted by atomic mass is 10.1. The molecule has 2 rings (SSSR count). The van der Waals surface area contributed by atoms with Crippen molar-refractivity contribution < 1.29 is 9.90 Å². The highest BCUT2D eigenvalue weighted by Crippen LogP contribution is 2.26. The van der Waals surface area contributed by atoms with Crippen LogP contribution in [0.2, 0.25) is 0 Å². The summed E-state index contributed by atoms with van der Waals surface area (Å²) in [7, 11) is 0. The lowest BCUT2D eigenvalue weighted by molar-refractivity contribution is 0.0950. The van der Waals surface area contributed by atoms with Crippen LogP contribution in [0, 0.1) is 0 Å². The summed E-state index contributed by atoms with van der Waals surface area (Å²) in [6.07, 6.45) is 6.04. The standard InChI is InChI=1S/C16H20N2O2/c1-2-3-4-5-10-18-16(20)13-9-8-12-7-6-11-17-14(12)15(13)19/h6-9,11,19H,2-5,10H2,1H3,(H,18,20). The van der Waals surface area contributed by atoms with Gasteiger partial charge in [-0.3, -0.25) is 9.78 Å². The molecule has 1 heterocycles. The number of fused-ring (bicyclic) bond motifs is 1. The number of aromatic nitrogens is 1. The van der Waals surface area contributed by atoms with Gasteiger partial charge in [0.25, 0.3) is 5.91 Å². The molecule has 1 aromatic heterocycles. The van der Waals surface area contributed by atoms with Crippen molar-refractivity contribution in [2.75, 3.05) is 6.54 Å². The van der Waals surface area contributed by atoms with Crippen molar-refractivity contribution in [2.45, 2.75) is 32.6 Å². The van der Waals surface area contributed by atoms with Crippen LogP contribution in [0.4, 0.5) is 0 Å². The molecule has 0 aliphatic rings. The largest absolute Gasteiger partial charge is 0.505 e. The quantitative estimate of drug-likeness (QED) is 0.793. The molecule has 4 nitrogen and oxygen atoms in total. The number of hydrogen-bond acceptors (Lipinski definition) is 3. The minimum Gasteiger partial charge on any atom is -0.505 e. The van der Waals surface area contributed by atoms with Crippen molar-refractivity contribution in [3.8, 4) is 5.75 Å². The Labute approximate surface area is 118 Å². The summed E-state index contributed by atoms with van der Waals surface area (Å²) < 4.78 is 0. The van der Waals surface area contributed by atoms with Crippen LogP contribution in [0.3, 0.4) is 0 Å². The number of amides is 1. The maximum atomic E-state index is 12.0. The van der Waals surface area contributed by atoms with Crippen LogP contribution >= 0.6 is 0 Å². The number of nitrogens with one attached hydrogen (secondary N) is 1. The van der Waals surface area contributed by atoms with Crippen LogP contribution < -0.4 is 5.32 Å². The number of phenols is 1. The van der Waals surface area contributed by atoms with Crippen LogP contribution in [0.5, 0.6) is 5.75 Å². The van der Waals surface area contributed by atoms with Gasteiger partial charge in [-0.05, 0) is 18.6 Å². The monoisotopic (exact) mass is 272 g/mol. The van der Waals surface area contributed by atoms with Gasteiger partial charge >= 0.3 is 0 Å². The van der Waals surface area contributed by atoms with E-state index in [0.29, 0.717) is 12.1 Å². The van der Waals surface area contributed by atoms with E-state index in [1.54, 1.807) is 24.4 Å². The molecule has 2 N–H and O–H groups in total. The molecule has 0 radical (unpaired) electrons. The van der Waals surface area contributed by atoms with Gasteiger partial charge in [-0.15, -0.1) is 0 Å². The molecule has 0 atom stereocenters. The summed E-state index contributed by atoms with van der Waals surface area (Å²) in [6, 6.07) is 7.10. The predicted molar refractivity (Wildman–Crippen MR) is 79.9 cm³/mol. The highest BCUT2D eigenvalue weighted by Gasteiger charge is 2.13. The van der Waals surface area contributed by atoms with Gasteiger partial charge < -0.3 is 10.4 Å². The highest BCUT2D eigenvalue weighted by atomic mass is 16.3. The molecule has 0 saturated heterocycles. The molecular weight excluding hydrogens is 252 g/mol. The van der Waals surface area contributed by atoms with Gasteiger partial charge in [-0.1, -0.05) is 38.3 Å². The van der Waals surface area contributed by atoms with E-state index in [-0.39, 0.29) is 17.2 Å². The number of carbonyl (C=O) groups excluding carboxylic acids is 1. The molecule has 1 aromatic carbocycles. The van der Waals surface area contributed by atoms with E-state index in [1.807, 2.05) is 6.07 Å². The molecule has 106 valence electrons. The molecule has 1 amide bonds. The Morgan fingerprint density at radius 3 is 2.90 bits per heavy atom. The number of rotatable bonds is 6. The van der Waals surface area contributed by atoms with E-state index in [0.717, 1.165) is 18.2 Å². The fourth-order valence-electron chi connectivity index (χ4n) is 2.16. The number of phenolic OH excluding ortho intramolecular Hbond substituents is 1. The molecule has 4 heteroatoms. The molecule has 0 saturated carbocycles. The molecule has 0 unspecified atom stereocenters. The maximum Gasteiger partial charge on any atom is 0.255 e. The number of pyridine rings is 1. The van der Waals surface area contributed by atoms with Crippen LogP contribution in [0.25, 0.3) is 10.9 Å². The molecule has 0 aliphatic carbocycles. The summed E-state index contributed by atoms with van der Waals surface area (Å²) >= 11 is 0. The third-order valence-electron chi connectivity index (χ3n) is 3.31. The molecular formula is C16H20N2O2. The van der Waals surface area contributed by atoms with E-state index in [4.69, 9.17) is 0 Å². The van der Waals surface area contributed by atoms with Crippen molar-refractivity contribution in [1.82, 2.24) is 10.3 Å². The van der Waals surface area contributed by atoms with Gasteiger partial charge in [0.05, 0.1) is 5.56 Å². The highest BCUT2D eigenvalue weighted by molar-refractivity contribution is 6.02. The van der Waals surface area contributed by atoms with Gasteiger partial charge in [0.15, 0.2) is 5.75 Å². The maximum absolute atomic E-state index is 12.0. The van der Waals surface area contributed by atoms with Crippen LogP contribution in [0.1, 0.15) is 43.0 Å². The van der Waals surface area contributed by atoms with Crippen molar-refractivity contribution in [3.05, 3.63) is 36.0 Å². The van der Waals surface area contributed by atoms with Gasteiger partial charge in [-0.25, -0.2) is 0 Å². The zero-order valence-electron chi connectivity index (χ0n) is 11.7. The topological polar surface area (TPSA) is 62.2 Å². The second-order valence-corrected chi connectivity index (χ2v) is 4.85. The summed E-state index contributed by atoms with van der Waals surface area (Å²) in [5.74, 6) is -0.291. The fraction of sp³-hybridized carbons (Fsp3) is 0.375. The number of carbonyl (C=O) groups is 1. The second kappa shape index (κ2) is 6.89. The minimum atomic E-state index is -0.244. The van der Waals surface area contributed by atoms with Crippen molar-refractivity contribution in [1.29, 1.82) is 0 Å². The Morgan fingerprint density at radius 1 is 1.25 bits per heavy atom. The number of nitrogens with zero attached hydrogens (tertiary/aromatic N) is 1. The first-order valence-electron chi connectivity index (χ1n) is 7.09. The van der Waals surface area contributed by atoms with E-state index in [9.17, 15) is 9.90 Å². The molecule has 0 aliphatic heterocycles. The Kier molecular flexibility index (Phi) is 4.93. The Hall–Kier alpha value is -2.10. The van der Waals surface area contributed by atoms with Crippen molar-refractivity contribution >= 4 is 16.8 Å². The number of unbranched alkanes of at least 4 members (excludes halogenated alkanes) is 3. The number of hydrogen-bond donors (Lipinski definition) is 2. The normalized spacial score (nSPS) is 10.7. The predicted octanol–water partition coefficient (Wildman–Crippen LogP) is 3.25. The molecule has 20 heavy (non-hydrogen) atoms. The van der Waals surface area contributed by atoms with Crippen molar-refractivity contribution in [3.63, 3.8) is 0 Å². The zero-order chi connectivity index (χ0) is 14.4. The Morgan fingerprint density at radius 2 is 2.10 bits per heavy atom. The average Bonchev–Trinajstić information content (AvgIpc) is 2.47. The molecule has 0 spiro atoms. The second-order valence-electron chi connectivity index (χ2n) is 4.85. The lowest BCUT2D eigenvalue weighted by Crippen LogP contribution is -2.24. The Balaban J connectivity index is 2.05. The first kappa shape index (κ1) is 14.3. The first-order valence-corrected chi connectivity index (χ1v) is 7.09. The van der Waals surface area contributed by atoms with Gasteiger partial charge in [0.2, 0.25) is 0 Å². The lowest BCUT2D eigenvalue weighted by Gasteiger charge is -2.08. The average molecular weight is 272 g/mol. The number of benzene rings is 1. The SMILES string of the molecule is CCCCCCNC(=O)c1ccc2cccnc2c1O. The van der Waals surface area contributed by atoms with E-state index in [2.05, 4.69) is 17.2 Å². The third kappa shape index (κ3) is 3.26. The molecule has 0 fully saturated rings. The summed E-state index contributed by atoms with van der Waals surface area (Å²) in [4.78, 5) is 16.2. The van der Waals surface area contributed by atoms with Crippen LogP contribution in [-0.2, 0) is 0 Å². The van der Waals surface area contributed by atoms with Crippen LogP contribution in [-0.4, -0.2) is 22.5 Å². The Bertz CT molecular complexity index is 596. The zero-order valence-corrected chi connectivity index (χ0v) is 11.7. The van der Waals surface area contributed by atoms with Gasteiger partial charge in [0.1, 0.15) is 5.52 Å².